The summed E-state index contributed by atoms with van der Waals surface area (Å²) in [4.78, 5) is 0. The molecule has 2 rings (SSSR count). The molecule has 3 nitrogen and oxygen atoms in total. The maximum absolute atomic E-state index is 9.00. The van der Waals surface area contributed by atoms with E-state index in [1.54, 1.807) is 0 Å². The Bertz CT molecular complexity index is 127. The molecule has 2 aliphatic carbocycles. The fourth-order valence-electron chi connectivity index (χ4n) is 2.05. The van der Waals surface area contributed by atoms with Gasteiger partial charge >= 0.3 is 0 Å². The monoisotopic (exact) mass is 202 g/mol. The molecule has 3 heteroatoms. The van der Waals surface area contributed by atoms with E-state index in [4.69, 9.17) is 15.3 Å². The molecular weight excluding hydrogens is 180 g/mol. The lowest BCUT2D eigenvalue weighted by molar-refractivity contribution is 0.0438. The van der Waals surface area contributed by atoms with Crippen molar-refractivity contribution in [2.45, 2.75) is 63.8 Å². The van der Waals surface area contributed by atoms with Gasteiger partial charge < -0.3 is 15.3 Å². The van der Waals surface area contributed by atoms with Crippen LogP contribution in [0, 0.1) is 5.92 Å². The van der Waals surface area contributed by atoms with Crippen molar-refractivity contribution in [2.24, 2.45) is 5.92 Å². The lowest BCUT2D eigenvalue weighted by Crippen LogP contribution is -2.17. The maximum Gasteiger partial charge on any atom is 0.0799 e. The molecule has 0 aromatic carbocycles. The second kappa shape index (κ2) is 5.69. The molecular formula is C11H22O3. The number of hydrogen-bond acceptors (Lipinski definition) is 3. The van der Waals surface area contributed by atoms with Crippen molar-refractivity contribution in [3.63, 3.8) is 0 Å². The second-order valence-corrected chi connectivity index (χ2v) is 4.54. The van der Waals surface area contributed by atoms with Gasteiger partial charge in [0.2, 0.25) is 0 Å². The van der Waals surface area contributed by atoms with E-state index in [1.807, 2.05) is 0 Å². The maximum atomic E-state index is 9.00. The highest BCUT2D eigenvalue weighted by molar-refractivity contribution is 4.74. The van der Waals surface area contributed by atoms with Crippen molar-refractivity contribution in [3.8, 4) is 0 Å². The van der Waals surface area contributed by atoms with Crippen molar-refractivity contribution in [2.75, 3.05) is 0 Å². The van der Waals surface area contributed by atoms with E-state index in [1.165, 1.54) is 12.8 Å². The minimum Gasteiger partial charge on any atom is -0.393 e. The van der Waals surface area contributed by atoms with Crippen LogP contribution in [-0.4, -0.2) is 33.6 Å². The minimum atomic E-state index is -0.431. The van der Waals surface area contributed by atoms with E-state index < -0.39 is 12.2 Å². The van der Waals surface area contributed by atoms with Gasteiger partial charge in [-0.15, -0.1) is 0 Å². The highest BCUT2D eigenvalue weighted by atomic mass is 16.3. The third-order valence-electron chi connectivity index (χ3n) is 3.26. The van der Waals surface area contributed by atoms with Crippen molar-refractivity contribution in [1.29, 1.82) is 0 Å². The Hall–Kier alpha value is -0.120. The number of hydrogen-bond donors (Lipinski definition) is 3. The van der Waals surface area contributed by atoms with E-state index in [0.717, 1.165) is 25.7 Å². The molecule has 0 aromatic rings. The lowest BCUT2D eigenvalue weighted by Gasteiger charge is -2.04. The molecule has 0 spiro atoms. The first-order valence-corrected chi connectivity index (χ1v) is 5.65. The Morgan fingerprint density at radius 2 is 1.14 bits per heavy atom. The normalized spacial score (nSPS) is 42.0. The zero-order valence-corrected chi connectivity index (χ0v) is 8.89. The Morgan fingerprint density at radius 1 is 0.714 bits per heavy atom. The summed E-state index contributed by atoms with van der Waals surface area (Å²) in [6.45, 7) is 2.11. The van der Waals surface area contributed by atoms with Crippen LogP contribution >= 0.6 is 0 Å². The van der Waals surface area contributed by atoms with Gasteiger partial charge in [0.1, 0.15) is 0 Å². The van der Waals surface area contributed by atoms with Crippen LogP contribution in [0.4, 0.5) is 0 Å². The van der Waals surface area contributed by atoms with Crippen LogP contribution in [-0.2, 0) is 0 Å². The third-order valence-corrected chi connectivity index (χ3v) is 3.26. The van der Waals surface area contributed by atoms with Crippen molar-refractivity contribution in [1.82, 2.24) is 0 Å². The van der Waals surface area contributed by atoms with Crippen LogP contribution in [0.15, 0.2) is 0 Å². The molecule has 3 N–H and O–H groups in total. The van der Waals surface area contributed by atoms with E-state index in [9.17, 15) is 0 Å². The molecule has 0 heterocycles. The molecule has 0 saturated heterocycles. The Balaban J connectivity index is 0.000000140. The topological polar surface area (TPSA) is 60.7 Å². The molecule has 84 valence electrons. The summed E-state index contributed by atoms with van der Waals surface area (Å²) in [5.74, 6) is 0.569. The van der Waals surface area contributed by atoms with Crippen LogP contribution in [0.25, 0.3) is 0 Å². The predicted molar refractivity (Wildman–Crippen MR) is 54.9 cm³/mol. The number of rotatable bonds is 0. The summed E-state index contributed by atoms with van der Waals surface area (Å²) >= 11 is 0. The van der Waals surface area contributed by atoms with Crippen LogP contribution in [0.3, 0.4) is 0 Å². The van der Waals surface area contributed by atoms with Crippen LogP contribution in [0.5, 0.6) is 0 Å². The highest BCUT2D eigenvalue weighted by Gasteiger charge is 2.21. The van der Waals surface area contributed by atoms with Crippen LogP contribution in [0.2, 0.25) is 0 Å². The Morgan fingerprint density at radius 3 is 1.29 bits per heavy atom. The van der Waals surface area contributed by atoms with Gasteiger partial charge in [-0.25, -0.2) is 0 Å². The first kappa shape index (κ1) is 12.0. The van der Waals surface area contributed by atoms with Crippen molar-refractivity contribution in [3.05, 3.63) is 0 Å². The first-order valence-electron chi connectivity index (χ1n) is 5.65. The Labute approximate surface area is 85.8 Å². The van der Waals surface area contributed by atoms with Crippen molar-refractivity contribution >= 4 is 0 Å². The summed E-state index contributed by atoms with van der Waals surface area (Å²) in [6, 6.07) is 0. The molecule has 2 aliphatic rings. The fourth-order valence-corrected chi connectivity index (χ4v) is 2.05. The van der Waals surface area contributed by atoms with Crippen molar-refractivity contribution < 1.29 is 15.3 Å². The summed E-state index contributed by atoms with van der Waals surface area (Å²) in [5, 5.41) is 26.5. The van der Waals surface area contributed by atoms with E-state index in [-0.39, 0.29) is 6.10 Å². The molecule has 2 fully saturated rings. The van der Waals surface area contributed by atoms with Gasteiger partial charge in [0.05, 0.1) is 18.3 Å². The first-order chi connectivity index (χ1) is 6.61. The van der Waals surface area contributed by atoms with Gasteiger partial charge in [-0.05, 0) is 38.0 Å². The zero-order chi connectivity index (χ0) is 10.6. The molecule has 0 amide bonds. The van der Waals surface area contributed by atoms with Gasteiger partial charge in [-0.2, -0.15) is 0 Å². The molecule has 14 heavy (non-hydrogen) atoms. The summed E-state index contributed by atoms with van der Waals surface area (Å²) in [5.41, 5.74) is 0. The molecule has 4 unspecified atom stereocenters. The van der Waals surface area contributed by atoms with Crippen LogP contribution < -0.4 is 0 Å². The molecule has 2 saturated carbocycles. The van der Waals surface area contributed by atoms with E-state index in [0.29, 0.717) is 5.92 Å². The number of aliphatic hydroxyl groups is 3. The predicted octanol–water partition coefficient (Wildman–Crippen LogP) is 1.06. The molecule has 4 atom stereocenters. The van der Waals surface area contributed by atoms with Crippen LogP contribution in [0.1, 0.15) is 45.4 Å². The average molecular weight is 202 g/mol. The minimum absolute atomic E-state index is 0.0139. The second-order valence-electron chi connectivity index (χ2n) is 4.54. The quantitative estimate of drug-likeness (QED) is 0.550. The summed E-state index contributed by atoms with van der Waals surface area (Å²) in [6.07, 6.45) is 5.16. The van der Waals surface area contributed by atoms with Gasteiger partial charge in [-0.3, -0.25) is 0 Å². The standard InChI is InChI=1S/C6H12O.C5H10O2/c1-5-3-2-4-6(5)7;6-4-2-1-3-5(4)7/h5-7H,2-4H2,1H3;4-7H,1-3H2. The molecule has 0 aromatic heterocycles. The lowest BCUT2D eigenvalue weighted by atomic mass is 10.1. The average Bonchev–Trinajstić information content (AvgIpc) is 2.67. The summed E-state index contributed by atoms with van der Waals surface area (Å²) < 4.78 is 0. The fraction of sp³-hybridized carbons (Fsp3) is 1.00. The largest absolute Gasteiger partial charge is 0.393 e. The molecule has 0 radical (unpaired) electrons. The molecule has 0 aliphatic heterocycles. The Kier molecular flexibility index (Phi) is 4.85. The van der Waals surface area contributed by atoms with Gasteiger partial charge in [0.25, 0.3) is 0 Å². The molecule has 0 bridgehead atoms. The van der Waals surface area contributed by atoms with E-state index >= 15 is 0 Å². The van der Waals surface area contributed by atoms with Gasteiger partial charge in [-0.1, -0.05) is 13.3 Å². The zero-order valence-electron chi connectivity index (χ0n) is 8.89. The number of aliphatic hydroxyl groups excluding tert-OH is 3. The third kappa shape index (κ3) is 3.56. The van der Waals surface area contributed by atoms with Gasteiger partial charge in [0.15, 0.2) is 0 Å². The SMILES string of the molecule is CC1CCCC1O.OC1CCCC1O. The highest BCUT2D eigenvalue weighted by Crippen LogP contribution is 2.23. The summed E-state index contributed by atoms with van der Waals surface area (Å²) in [7, 11) is 0. The smallest absolute Gasteiger partial charge is 0.0799 e. The van der Waals surface area contributed by atoms with Gasteiger partial charge in [0, 0.05) is 0 Å². The van der Waals surface area contributed by atoms with E-state index in [2.05, 4.69) is 6.92 Å².